The summed E-state index contributed by atoms with van der Waals surface area (Å²) in [5.74, 6) is 0.820. The van der Waals surface area contributed by atoms with E-state index >= 15 is 0 Å². The van der Waals surface area contributed by atoms with Gasteiger partial charge in [-0.3, -0.25) is 4.90 Å². The molecule has 0 spiro atoms. The zero-order chi connectivity index (χ0) is 12.1. The molecule has 0 aromatic heterocycles. The fourth-order valence-corrected chi connectivity index (χ4v) is 2.30. The highest BCUT2D eigenvalue weighted by atomic mass is 16.5. The Morgan fingerprint density at radius 2 is 2.18 bits per heavy atom. The van der Waals surface area contributed by atoms with Crippen LogP contribution in [0.15, 0.2) is 30.3 Å². The molecule has 0 amide bonds. The van der Waals surface area contributed by atoms with Crippen molar-refractivity contribution in [3.05, 3.63) is 30.3 Å². The lowest BCUT2D eigenvalue weighted by atomic mass is 10.2. The molecule has 1 aliphatic heterocycles. The third-order valence-corrected chi connectivity index (χ3v) is 3.32. The minimum Gasteiger partial charge on any atom is -0.491 e. The van der Waals surface area contributed by atoms with E-state index in [1.54, 1.807) is 0 Å². The molecule has 0 unspecified atom stereocenters. The summed E-state index contributed by atoms with van der Waals surface area (Å²) in [7, 11) is 0. The summed E-state index contributed by atoms with van der Waals surface area (Å²) >= 11 is 0. The van der Waals surface area contributed by atoms with E-state index in [4.69, 9.17) is 4.74 Å². The van der Waals surface area contributed by atoms with Crippen molar-refractivity contribution in [2.45, 2.75) is 31.9 Å². The SMILES string of the molecule is C[C@H]1CCCN1C[C@H](O)COc1ccccc1. The molecule has 3 nitrogen and oxygen atoms in total. The van der Waals surface area contributed by atoms with Gasteiger partial charge in [-0.1, -0.05) is 18.2 Å². The number of hydrogen-bond donors (Lipinski definition) is 1. The summed E-state index contributed by atoms with van der Waals surface area (Å²) in [6.07, 6.45) is 2.08. The first kappa shape index (κ1) is 12.4. The highest BCUT2D eigenvalue weighted by Crippen LogP contribution is 2.16. The fraction of sp³-hybridized carbons (Fsp3) is 0.571. The minimum absolute atomic E-state index is 0.368. The van der Waals surface area contributed by atoms with E-state index in [0.29, 0.717) is 19.2 Å². The van der Waals surface area contributed by atoms with Gasteiger partial charge in [0.05, 0.1) is 0 Å². The van der Waals surface area contributed by atoms with Crippen LogP contribution in [0.4, 0.5) is 0 Å². The van der Waals surface area contributed by atoms with E-state index in [2.05, 4.69) is 11.8 Å². The summed E-state index contributed by atoms with van der Waals surface area (Å²) in [6.45, 7) is 4.41. The first-order valence-corrected chi connectivity index (χ1v) is 6.35. The van der Waals surface area contributed by atoms with E-state index in [1.807, 2.05) is 30.3 Å². The third kappa shape index (κ3) is 3.72. The van der Waals surface area contributed by atoms with E-state index in [1.165, 1.54) is 12.8 Å². The van der Waals surface area contributed by atoms with Gasteiger partial charge in [-0.25, -0.2) is 0 Å². The molecular formula is C14H21NO2. The zero-order valence-electron chi connectivity index (χ0n) is 10.4. The quantitative estimate of drug-likeness (QED) is 0.846. The molecule has 1 aromatic carbocycles. The third-order valence-electron chi connectivity index (χ3n) is 3.32. The van der Waals surface area contributed by atoms with Gasteiger partial charge >= 0.3 is 0 Å². The van der Waals surface area contributed by atoms with Crippen molar-refractivity contribution in [1.29, 1.82) is 0 Å². The van der Waals surface area contributed by atoms with Gasteiger partial charge in [0, 0.05) is 12.6 Å². The molecular weight excluding hydrogens is 214 g/mol. The average Bonchev–Trinajstić information content (AvgIpc) is 2.74. The Bertz CT molecular complexity index is 328. The maximum atomic E-state index is 9.92. The second-order valence-electron chi connectivity index (χ2n) is 4.76. The molecule has 2 atom stereocenters. The van der Waals surface area contributed by atoms with Gasteiger partial charge in [-0.05, 0) is 38.4 Å². The lowest BCUT2D eigenvalue weighted by Crippen LogP contribution is -2.37. The van der Waals surface area contributed by atoms with Gasteiger partial charge in [0.25, 0.3) is 0 Å². The van der Waals surface area contributed by atoms with Crippen molar-refractivity contribution >= 4 is 0 Å². The highest BCUT2D eigenvalue weighted by molar-refractivity contribution is 5.20. The van der Waals surface area contributed by atoms with Gasteiger partial charge in [-0.2, -0.15) is 0 Å². The first-order valence-electron chi connectivity index (χ1n) is 6.35. The predicted octanol–water partition coefficient (Wildman–Crippen LogP) is 1.91. The Balaban J connectivity index is 1.72. The molecule has 94 valence electrons. The largest absolute Gasteiger partial charge is 0.491 e. The van der Waals surface area contributed by atoms with Crippen molar-refractivity contribution in [1.82, 2.24) is 4.90 Å². The smallest absolute Gasteiger partial charge is 0.119 e. The molecule has 1 heterocycles. The van der Waals surface area contributed by atoms with Gasteiger partial charge < -0.3 is 9.84 Å². The van der Waals surface area contributed by atoms with Crippen LogP contribution in [0, 0.1) is 0 Å². The highest BCUT2D eigenvalue weighted by Gasteiger charge is 2.22. The van der Waals surface area contributed by atoms with Crippen LogP contribution >= 0.6 is 0 Å². The molecule has 0 bridgehead atoms. The van der Waals surface area contributed by atoms with Crippen LogP contribution in [0.1, 0.15) is 19.8 Å². The number of benzene rings is 1. The van der Waals surface area contributed by atoms with Crippen LogP contribution in [0.5, 0.6) is 5.75 Å². The van der Waals surface area contributed by atoms with Crippen molar-refractivity contribution < 1.29 is 9.84 Å². The first-order chi connectivity index (χ1) is 8.25. The summed E-state index contributed by atoms with van der Waals surface area (Å²) in [5.41, 5.74) is 0. The second kappa shape index (κ2) is 6.03. The number of aliphatic hydroxyl groups excluding tert-OH is 1. The van der Waals surface area contributed by atoms with Gasteiger partial charge in [0.1, 0.15) is 18.5 Å². The maximum Gasteiger partial charge on any atom is 0.119 e. The standard InChI is InChI=1S/C14H21NO2/c1-12-6-5-9-15(12)10-13(16)11-17-14-7-3-2-4-8-14/h2-4,7-8,12-13,16H,5-6,9-11H2,1H3/t12-,13-/m0/s1. The molecule has 1 aromatic rings. The number of nitrogens with zero attached hydrogens (tertiary/aromatic N) is 1. The number of para-hydroxylation sites is 1. The predicted molar refractivity (Wildman–Crippen MR) is 68.2 cm³/mol. The molecule has 1 N–H and O–H groups in total. The summed E-state index contributed by atoms with van der Waals surface area (Å²) in [6, 6.07) is 10.2. The Labute approximate surface area is 103 Å². The van der Waals surface area contributed by atoms with Crippen LogP contribution in [-0.4, -0.2) is 41.8 Å². The van der Waals surface area contributed by atoms with Crippen LogP contribution in [0.2, 0.25) is 0 Å². The topological polar surface area (TPSA) is 32.7 Å². The fourth-order valence-electron chi connectivity index (χ4n) is 2.30. The number of ether oxygens (including phenoxy) is 1. The summed E-state index contributed by atoms with van der Waals surface area (Å²) < 4.78 is 5.54. The normalized spacial score (nSPS) is 22.6. The van der Waals surface area contributed by atoms with Crippen molar-refractivity contribution in [2.75, 3.05) is 19.7 Å². The molecule has 1 fully saturated rings. The molecule has 0 aliphatic carbocycles. The Hall–Kier alpha value is -1.06. The monoisotopic (exact) mass is 235 g/mol. The van der Waals surface area contributed by atoms with Crippen LogP contribution in [0.25, 0.3) is 0 Å². The molecule has 17 heavy (non-hydrogen) atoms. The molecule has 0 saturated carbocycles. The Morgan fingerprint density at radius 1 is 1.41 bits per heavy atom. The average molecular weight is 235 g/mol. The van der Waals surface area contributed by atoms with Gasteiger partial charge in [0.15, 0.2) is 0 Å². The van der Waals surface area contributed by atoms with E-state index in [9.17, 15) is 5.11 Å². The van der Waals surface area contributed by atoms with Crippen LogP contribution < -0.4 is 4.74 Å². The second-order valence-corrected chi connectivity index (χ2v) is 4.76. The van der Waals surface area contributed by atoms with Gasteiger partial charge in [0.2, 0.25) is 0 Å². The Kier molecular flexibility index (Phi) is 4.40. The van der Waals surface area contributed by atoms with Crippen LogP contribution in [-0.2, 0) is 0 Å². The van der Waals surface area contributed by atoms with Gasteiger partial charge in [-0.15, -0.1) is 0 Å². The summed E-state index contributed by atoms with van der Waals surface area (Å²) in [4.78, 5) is 2.33. The van der Waals surface area contributed by atoms with E-state index in [-0.39, 0.29) is 0 Å². The molecule has 3 heteroatoms. The number of aliphatic hydroxyl groups is 1. The number of likely N-dealkylation sites (tertiary alicyclic amines) is 1. The number of hydrogen-bond acceptors (Lipinski definition) is 3. The van der Waals surface area contributed by atoms with Crippen LogP contribution in [0.3, 0.4) is 0 Å². The van der Waals surface area contributed by atoms with Crippen molar-refractivity contribution in [3.63, 3.8) is 0 Å². The van der Waals surface area contributed by atoms with E-state index in [0.717, 1.165) is 12.3 Å². The van der Waals surface area contributed by atoms with E-state index < -0.39 is 6.10 Å². The summed E-state index contributed by atoms with van der Waals surface area (Å²) in [5, 5.41) is 9.92. The molecule has 1 aliphatic rings. The molecule has 2 rings (SSSR count). The zero-order valence-corrected chi connectivity index (χ0v) is 10.4. The Morgan fingerprint density at radius 3 is 2.82 bits per heavy atom. The van der Waals surface area contributed by atoms with Crippen molar-refractivity contribution in [3.8, 4) is 5.75 Å². The number of rotatable bonds is 5. The molecule has 0 radical (unpaired) electrons. The lowest BCUT2D eigenvalue weighted by molar-refractivity contribution is 0.0662. The van der Waals surface area contributed by atoms with Crippen molar-refractivity contribution in [2.24, 2.45) is 0 Å². The minimum atomic E-state index is -0.407. The maximum absolute atomic E-state index is 9.92. The lowest BCUT2D eigenvalue weighted by Gasteiger charge is -2.24. The molecule has 1 saturated heterocycles. The number of β-amino-alcohol motifs (C(OH)–C–C–N with tert-alkyl or cyclic N) is 1.